The van der Waals surface area contributed by atoms with Crippen LogP contribution in [0.3, 0.4) is 0 Å². The predicted octanol–water partition coefficient (Wildman–Crippen LogP) is -0.762. The van der Waals surface area contributed by atoms with Crippen LogP contribution >= 0.6 is 0 Å². The molecule has 98 valence electrons. The number of anilines is 1. The molecule has 0 radical (unpaired) electrons. The van der Waals surface area contributed by atoms with E-state index in [9.17, 15) is 13.2 Å². The average Bonchev–Trinajstić information content (AvgIpc) is 2.38. The number of rotatable bonds is 2. The molecule has 3 N–H and O–H groups in total. The van der Waals surface area contributed by atoms with E-state index >= 15 is 0 Å². The van der Waals surface area contributed by atoms with Gasteiger partial charge in [-0.05, 0) is 6.07 Å². The Morgan fingerprint density at radius 2 is 2.06 bits per heavy atom. The van der Waals surface area contributed by atoms with E-state index in [0.717, 1.165) is 0 Å². The molecular weight excluding hydrogens is 256 g/mol. The van der Waals surface area contributed by atoms with Crippen LogP contribution in [0.5, 0.6) is 0 Å². The van der Waals surface area contributed by atoms with E-state index in [0.29, 0.717) is 11.3 Å². The topological polar surface area (TPSA) is 105 Å². The van der Waals surface area contributed by atoms with Crippen LogP contribution in [0.4, 0.5) is 5.69 Å². The molecule has 0 saturated carbocycles. The summed E-state index contributed by atoms with van der Waals surface area (Å²) in [5.41, 5.74) is 3.25. The highest BCUT2D eigenvalue weighted by Gasteiger charge is 2.26. The second kappa shape index (κ2) is 4.91. The monoisotopic (exact) mass is 270 g/mol. The number of nitrogens with two attached hydrogens (primary N) is 1. The quantitative estimate of drug-likeness (QED) is 0.540. The summed E-state index contributed by atoms with van der Waals surface area (Å²) in [6, 6.07) is 1.59. The maximum absolute atomic E-state index is 12.2. The van der Waals surface area contributed by atoms with Crippen LogP contribution in [-0.2, 0) is 9.84 Å². The lowest BCUT2D eigenvalue weighted by atomic mass is 10.2. The Morgan fingerprint density at radius 1 is 1.39 bits per heavy atom. The zero-order valence-corrected chi connectivity index (χ0v) is 10.5. The SMILES string of the molecule is NNc1ccncc1C(=O)N1CCS(=O)(=O)CC1. The van der Waals surface area contributed by atoms with E-state index in [2.05, 4.69) is 10.4 Å². The number of aromatic nitrogens is 1. The molecule has 1 aliphatic rings. The molecule has 1 aliphatic heterocycles. The number of nitrogens with zero attached hydrogens (tertiary/aromatic N) is 2. The minimum Gasteiger partial charge on any atom is -0.336 e. The van der Waals surface area contributed by atoms with Gasteiger partial charge in [0, 0.05) is 25.5 Å². The predicted molar refractivity (Wildman–Crippen MR) is 66.6 cm³/mol. The van der Waals surface area contributed by atoms with E-state index in [1.807, 2.05) is 0 Å². The molecule has 0 unspecified atom stereocenters. The van der Waals surface area contributed by atoms with Crippen molar-refractivity contribution in [2.75, 3.05) is 30.0 Å². The summed E-state index contributed by atoms with van der Waals surface area (Å²) in [7, 11) is -3.00. The van der Waals surface area contributed by atoms with Crippen molar-refractivity contribution in [3.8, 4) is 0 Å². The first-order valence-corrected chi connectivity index (χ1v) is 7.26. The van der Waals surface area contributed by atoms with Gasteiger partial charge in [-0.2, -0.15) is 0 Å². The molecule has 0 bridgehead atoms. The van der Waals surface area contributed by atoms with Crippen molar-refractivity contribution < 1.29 is 13.2 Å². The highest BCUT2D eigenvalue weighted by molar-refractivity contribution is 7.91. The molecule has 0 aliphatic carbocycles. The van der Waals surface area contributed by atoms with Crippen LogP contribution in [0.2, 0.25) is 0 Å². The van der Waals surface area contributed by atoms with Gasteiger partial charge in [0.1, 0.15) is 0 Å². The lowest BCUT2D eigenvalue weighted by molar-refractivity contribution is 0.0771. The fourth-order valence-electron chi connectivity index (χ4n) is 1.78. The highest BCUT2D eigenvalue weighted by Crippen LogP contribution is 2.16. The van der Waals surface area contributed by atoms with Crippen molar-refractivity contribution in [3.63, 3.8) is 0 Å². The summed E-state index contributed by atoms with van der Waals surface area (Å²) >= 11 is 0. The molecule has 0 aromatic carbocycles. The Morgan fingerprint density at radius 3 is 2.67 bits per heavy atom. The number of hydrazine groups is 1. The van der Waals surface area contributed by atoms with Gasteiger partial charge in [0.25, 0.3) is 5.91 Å². The van der Waals surface area contributed by atoms with Gasteiger partial charge in [-0.3, -0.25) is 15.6 Å². The van der Waals surface area contributed by atoms with E-state index < -0.39 is 9.84 Å². The Balaban J connectivity index is 2.17. The molecule has 1 aromatic rings. The first-order valence-electron chi connectivity index (χ1n) is 5.44. The number of hydrogen-bond donors (Lipinski definition) is 2. The van der Waals surface area contributed by atoms with Crippen LogP contribution in [0.1, 0.15) is 10.4 Å². The maximum Gasteiger partial charge on any atom is 0.257 e. The Bertz CT molecular complexity index is 544. The number of nitrogens with one attached hydrogen (secondary N) is 1. The molecule has 1 aromatic heterocycles. The number of pyridine rings is 1. The second-order valence-corrected chi connectivity index (χ2v) is 6.31. The molecule has 1 saturated heterocycles. The average molecular weight is 270 g/mol. The third-order valence-corrected chi connectivity index (χ3v) is 4.45. The normalized spacial score (nSPS) is 18.4. The van der Waals surface area contributed by atoms with Gasteiger partial charge >= 0.3 is 0 Å². The third-order valence-electron chi connectivity index (χ3n) is 2.84. The number of hydrogen-bond acceptors (Lipinski definition) is 6. The van der Waals surface area contributed by atoms with Crippen molar-refractivity contribution in [2.45, 2.75) is 0 Å². The van der Waals surface area contributed by atoms with E-state index in [1.54, 1.807) is 6.07 Å². The molecule has 18 heavy (non-hydrogen) atoms. The van der Waals surface area contributed by atoms with Gasteiger partial charge in [0.05, 0.1) is 22.8 Å². The maximum atomic E-state index is 12.2. The van der Waals surface area contributed by atoms with Crippen LogP contribution < -0.4 is 11.3 Å². The van der Waals surface area contributed by atoms with Crippen LogP contribution in [-0.4, -0.2) is 48.8 Å². The zero-order valence-electron chi connectivity index (χ0n) is 9.67. The molecule has 1 amide bonds. The molecule has 0 spiro atoms. The summed E-state index contributed by atoms with van der Waals surface area (Å²) in [4.78, 5) is 17.6. The number of nitrogen functional groups attached to an aromatic ring is 1. The smallest absolute Gasteiger partial charge is 0.257 e. The van der Waals surface area contributed by atoms with Crippen molar-refractivity contribution >= 4 is 21.4 Å². The molecular formula is C10H14N4O3S. The summed E-state index contributed by atoms with van der Waals surface area (Å²) in [6.07, 6.45) is 2.94. The van der Waals surface area contributed by atoms with Crippen molar-refractivity contribution in [1.29, 1.82) is 0 Å². The molecule has 0 atom stereocenters. The first kappa shape index (κ1) is 12.8. The largest absolute Gasteiger partial charge is 0.336 e. The zero-order chi connectivity index (χ0) is 13.2. The number of sulfone groups is 1. The third kappa shape index (κ3) is 2.59. The summed E-state index contributed by atoms with van der Waals surface area (Å²) in [6.45, 7) is 0.417. The lowest BCUT2D eigenvalue weighted by Gasteiger charge is -2.27. The fraction of sp³-hybridized carbons (Fsp3) is 0.400. The van der Waals surface area contributed by atoms with E-state index in [1.165, 1.54) is 17.3 Å². The minimum absolute atomic E-state index is 0.00435. The van der Waals surface area contributed by atoms with Crippen molar-refractivity contribution in [3.05, 3.63) is 24.0 Å². The van der Waals surface area contributed by atoms with Gasteiger partial charge in [-0.15, -0.1) is 0 Å². The van der Waals surface area contributed by atoms with Gasteiger partial charge in [-0.1, -0.05) is 0 Å². The Labute approximate surface area is 105 Å². The summed E-state index contributed by atoms with van der Waals surface area (Å²) < 4.78 is 22.6. The van der Waals surface area contributed by atoms with Crippen molar-refractivity contribution in [2.24, 2.45) is 5.84 Å². The van der Waals surface area contributed by atoms with Gasteiger partial charge in [0.15, 0.2) is 9.84 Å². The standard InChI is InChI=1S/C10H14N4O3S/c11-13-9-1-2-12-7-8(9)10(15)14-3-5-18(16,17)6-4-14/h1-2,7H,3-6,11H2,(H,12,13). The molecule has 8 heteroatoms. The lowest BCUT2D eigenvalue weighted by Crippen LogP contribution is -2.44. The van der Waals surface area contributed by atoms with E-state index in [4.69, 9.17) is 5.84 Å². The molecule has 2 rings (SSSR count). The summed E-state index contributed by atoms with van der Waals surface area (Å²) in [5, 5.41) is 0. The van der Waals surface area contributed by atoms with Crippen molar-refractivity contribution in [1.82, 2.24) is 9.88 Å². The van der Waals surface area contributed by atoms with E-state index in [-0.39, 0.29) is 30.5 Å². The van der Waals surface area contributed by atoms with Gasteiger partial charge in [0.2, 0.25) is 0 Å². The van der Waals surface area contributed by atoms with Gasteiger partial charge in [-0.25, -0.2) is 8.42 Å². The Hall–Kier alpha value is -1.67. The second-order valence-electron chi connectivity index (χ2n) is 4.01. The van der Waals surface area contributed by atoms with Crippen LogP contribution in [0.25, 0.3) is 0 Å². The first-order chi connectivity index (χ1) is 8.53. The highest BCUT2D eigenvalue weighted by atomic mass is 32.2. The molecule has 2 heterocycles. The minimum atomic E-state index is -3.00. The molecule has 7 nitrogen and oxygen atoms in total. The number of amides is 1. The van der Waals surface area contributed by atoms with Crippen LogP contribution in [0, 0.1) is 0 Å². The number of carbonyl (C=O) groups excluding carboxylic acids is 1. The fourth-order valence-corrected chi connectivity index (χ4v) is 2.98. The summed E-state index contributed by atoms with van der Waals surface area (Å²) in [5.74, 6) is 5.07. The number of carbonyl (C=O) groups is 1. The molecule has 1 fully saturated rings. The Kier molecular flexibility index (Phi) is 3.48. The van der Waals surface area contributed by atoms with Gasteiger partial charge < -0.3 is 10.3 Å². The van der Waals surface area contributed by atoms with Crippen LogP contribution in [0.15, 0.2) is 18.5 Å².